The van der Waals surface area contributed by atoms with Crippen LogP contribution in [0, 0.1) is 12.7 Å². The van der Waals surface area contributed by atoms with E-state index in [2.05, 4.69) is 15.0 Å². The summed E-state index contributed by atoms with van der Waals surface area (Å²) in [7, 11) is 1.26. The second kappa shape index (κ2) is 5.56. The van der Waals surface area contributed by atoms with Gasteiger partial charge in [-0.1, -0.05) is 12.1 Å². The van der Waals surface area contributed by atoms with E-state index in [9.17, 15) is 9.18 Å². The minimum Gasteiger partial charge on any atom is -0.464 e. The van der Waals surface area contributed by atoms with Gasteiger partial charge in [0.15, 0.2) is 11.5 Å². The minimum absolute atomic E-state index is 0.0955. The first-order valence-corrected chi connectivity index (χ1v) is 5.90. The molecule has 0 fully saturated rings. The smallest absolute Gasteiger partial charge is 0.356 e. The van der Waals surface area contributed by atoms with Crippen molar-refractivity contribution in [2.75, 3.05) is 18.2 Å². The number of nitrogen functional groups attached to an aromatic ring is 1. The van der Waals surface area contributed by atoms with Crippen LogP contribution in [-0.4, -0.2) is 18.1 Å². The summed E-state index contributed by atoms with van der Waals surface area (Å²) < 4.78 is 18.4. The Hall–Kier alpha value is -2.63. The van der Waals surface area contributed by atoms with Gasteiger partial charge in [0, 0.05) is 0 Å². The van der Waals surface area contributed by atoms with Gasteiger partial charge in [-0.25, -0.2) is 14.2 Å². The normalized spacial score (nSPS) is 10.2. The van der Waals surface area contributed by atoms with Gasteiger partial charge in [-0.3, -0.25) is 0 Å². The quantitative estimate of drug-likeness (QED) is 0.842. The molecule has 3 N–H and O–H groups in total. The number of pyridine rings is 1. The molecule has 2 aromatic rings. The maximum absolute atomic E-state index is 13.8. The van der Waals surface area contributed by atoms with Crippen LogP contribution in [0.15, 0.2) is 30.3 Å². The lowest BCUT2D eigenvalue weighted by molar-refractivity contribution is 0.0594. The molecule has 20 heavy (non-hydrogen) atoms. The van der Waals surface area contributed by atoms with Gasteiger partial charge in [0.25, 0.3) is 0 Å². The van der Waals surface area contributed by atoms with Crippen LogP contribution in [0.25, 0.3) is 0 Å². The van der Waals surface area contributed by atoms with Crippen LogP contribution in [0.3, 0.4) is 0 Å². The first-order chi connectivity index (χ1) is 9.52. The predicted octanol–water partition coefficient (Wildman–Crippen LogP) is 2.64. The number of halogens is 1. The fourth-order valence-electron chi connectivity index (χ4n) is 1.70. The largest absolute Gasteiger partial charge is 0.464 e. The van der Waals surface area contributed by atoms with Crippen molar-refractivity contribution in [2.24, 2.45) is 0 Å². The molecule has 0 bridgehead atoms. The Kier molecular flexibility index (Phi) is 3.84. The van der Waals surface area contributed by atoms with E-state index < -0.39 is 11.8 Å². The number of methoxy groups -OCH3 is 1. The van der Waals surface area contributed by atoms with Crippen molar-refractivity contribution in [2.45, 2.75) is 6.92 Å². The summed E-state index contributed by atoms with van der Waals surface area (Å²) in [5, 5.41) is 2.81. The Balaban J connectivity index is 2.40. The fraction of sp³-hybridized carbons (Fsp3) is 0.143. The number of rotatable bonds is 3. The van der Waals surface area contributed by atoms with Crippen molar-refractivity contribution in [3.05, 3.63) is 47.4 Å². The number of nitrogens with two attached hydrogens (primary N) is 1. The van der Waals surface area contributed by atoms with Crippen molar-refractivity contribution in [1.29, 1.82) is 0 Å². The third kappa shape index (κ3) is 2.69. The zero-order chi connectivity index (χ0) is 14.7. The number of aromatic nitrogens is 1. The number of carbonyl (C=O) groups excluding carboxylic acids is 1. The summed E-state index contributed by atoms with van der Waals surface area (Å²) in [5.41, 5.74) is 7.16. The van der Waals surface area contributed by atoms with Gasteiger partial charge in [-0.15, -0.1) is 0 Å². The summed E-state index contributed by atoms with van der Waals surface area (Å²) in [4.78, 5) is 15.5. The summed E-state index contributed by atoms with van der Waals surface area (Å²) in [6.45, 7) is 1.76. The molecule has 0 aliphatic carbocycles. The number of hydrogen-bond acceptors (Lipinski definition) is 5. The van der Waals surface area contributed by atoms with Gasteiger partial charge in [0.05, 0.1) is 18.5 Å². The molecule has 0 radical (unpaired) electrons. The lowest BCUT2D eigenvalue weighted by Gasteiger charge is -2.12. The number of carbonyl (C=O) groups is 1. The molecule has 104 valence electrons. The van der Waals surface area contributed by atoms with Crippen LogP contribution in [0.1, 0.15) is 16.1 Å². The number of para-hydroxylation sites is 1. The third-order valence-electron chi connectivity index (χ3n) is 2.79. The zero-order valence-electron chi connectivity index (χ0n) is 11.1. The molecule has 1 heterocycles. The van der Waals surface area contributed by atoms with Gasteiger partial charge in [-0.2, -0.15) is 0 Å². The van der Waals surface area contributed by atoms with Crippen LogP contribution >= 0.6 is 0 Å². The molecule has 0 unspecified atom stereocenters. The molecule has 0 aliphatic rings. The highest BCUT2D eigenvalue weighted by atomic mass is 19.1. The van der Waals surface area contributed by atoms with E-state index in [0.29, 0.717) is 11.3 Å². The molecule has 1 aromatic carbocycles. The number of esters is 1. The molecule has 0 amide bonds. The molecule has 0 aliphatic heterocycles. The number of nitrogens with one attached hydrogen (secondary N) is 1. The fourth-order valence-corrected chi connectivity index (χ4v) is 1.70. The standard InChI is InChI=1S/C14H14FN3O2/c1-8-4-3-5-9(15)12(8)18-13-10(16)6-7-11(17-13)14(19)20-2/h3-7H,16H2,1-2H3,(H,17,18). The number of aryl methyl sites for hydroxylation is 1. The van der Waals surface area contributed by atoms with E-state index in [1.165, 1.54) is 25.3 Å². The van der Waals surface area contributed by atoms with Crippen LogP contribution in [0.5, 0.6) is 0 Å². The predicted molar refractivity (Wildman–Crippen MR) is 74.4 cm³/mol. The Labute approximate surface area is 115 Å². The Morgan fingerprint density at radius 2 is 2.10 bits per heavy atom. The summed E-state index contributed by atoms with van der Waals surface area (Å²) in [6, 6.07) is 7.65. The maximum atomic E-state index is 13.8. The van der Waals surface area contributed by atoms with Crippen LogP contribution in [-0.2, 0) is 4.74 Å². The summed E-state index contributed by atoms with van der Waals surface area (Å²) in [6.07, 6.45) is 0. The van der Waals surface area contributed by atoms with E-state index in [4.69, 9.17) is 5.73 Å². The number of benzene rings is 1. The highest BCUT2D eigenvalue weighted by molar-refractivity contribution is 5.89. The first-order valence-electron chi connectivity index (χ1n) is 5.90. The number of nitrogens with zero attached hydrogens (tertiary/aromatic N) is 1. The molecule has 2 rings (SSSR count). The molecular weight excluding hydrogens is 261 g/mol. The van der Waals surface area contributed by atoms with Crippen molar-refractivity contribution in [1.82, 2.24) is 4.98 Å². The van der Waals surface area contributed by atoms with Gasteiger partial charge < -0.3 is 15.8 Å². The van der Waals surface area contributed by atoms with Gasteiger partial charge in [-0.05, 0) is 30.7 Å². The second-order valence-electron chi connectivity index (χ2n) is 4.18. The third-order valence-corrected chi connectivity index (χ3v) is 2.79. The Bertz CT molecular complexity index is 639. The number of ether oxygens (including phenoxy) is 1. The molecule has 6 heteroatoms. The zero-order valence-corrected chi connectivity index (χ0v) is 11.1. The van der Waals surface area contributed by atoms with E-state index >= 15 is 0 Å². The molecule has 0 saturated heterocycles. The Morgan fingerprint density at radius 1 is 1.35 bits per heavy atom. The van der Waals surface area contributed by atoms with Gasteiger partial charge in [0.1, 0.15) is 5.82 Å². The SMILES string of the molecule is COC(=O)c1ccc(N)c(Nc2c(C)cccc2F)n1. The first kappa shape index (κ1) is 13.8. The summed E-state index contributed by atoms with van der Waals surface area (Å²) in [5.74, 6) is -0.797. The number of anilines is 3. The second-order valence-corrected chi connectivity index (χ2v) is 4.18. The van der Waals surface area contributed by atoms with E-state index in [-0.39, 0.29) is 17.2 Å². The lowest BCUT2D eigenvalue weighted by atomic mass is 10.2. The van der Waals surface area contributed by atoms with Crippen LogP contribution in [0.4, 0.5) is 21.6 Å². The van der Waals surface area contributed by atoms with E-state index in [0.717, 1.165) is 0 Å². The molecule has 0 saturated carbocycles. The van der Waals surface area contributed by atoms with Crippen LogP contribution < -0.4 is 11.1 Å². The highest BCUT2D eigenvalue weighted by Gasteiger charge is 2.13. The van der Waals surface area contributed by atoms with Gasteiger partial charge in [0.2, 0.25) is 0 Å². The van der Waals surface area contributed by atoms with Crippen molar-refractivity contribution >= 4 is 23.2 Å². The topological polar surface area (TPSA) is 77.2 Å². The lowest BCUT2D eigenvalue weighted by Crippen LogP contribution is -2.08. The van der Waals surface area contributed by atoms with E-state index in [1.54, 1.807) is 19.1 Å². The van der Waals surface area contributed by atoms with E-state index in [1.807, 2.05) is 0 Å². The average Bonchev–Trinajstić information content (AvgIpc) is 2.44. The van der Waals surface area contributed by atoms with Crippen molar-refractivity contribution in [3.8, 4) is 0 Å². The molecule has 1 aromatic heterocycles. The molecule has 0 spiro atoms. The monoisotopic (exact) mass is 275 g/mol. The number of hydrogen-bond donors (Lipinski definition) is 2. The summed E-state index contributed by atoms with van der Waals surface area (Å²) >= 11 is 0. The maximum Gasteiger partial charge on any atom is 0.356 e. The van der Waals surface area contributed by atoms with Crippen LogP contribution in [0.2, 0.25) is 0 Å². The molecule has 5 nitrogen and oxygen atoms in total. The average molecular weight is 275 g/mol. The van der Waals surface area contributed by atoms with Crippen molar-refractivity contribution < 1.29 is 13.9 Å². The minimum atomic E-state index is -0.585. The molecule has 0 atom stereocenters. The van der Waals surface area contributed by atoms with Crippen molar-refractivity contribution in [3.63, 3.8) is 0 Å². The van der Waals surface area contributed by atoms with Gasteiger partial charge >= 0.3 is 5.97 Å². The highest BCUT2D eigenvalue weighted by Crippen LogP contribution is 2.26. The Morgan fingerprint density at radius 3 is 2.75 bits per heavy atom. The molecular formula is C14H14FN3O2.